The van der Waals surface area contributed by atoms with Crippen LogP contribution >= 0.6 is 0 Å². The minimum absolute atomic E-state index is 1.17. The van der Waals surface area contributed by atoms with Gasteiger partial charge in [0.1, 0.15) is 81.9 Å². The zero-order valence-electron chi connectivity index (χ0n) is 84.4. The van der Waals surface area contributed by atoms with E-state index in [2.05, 4.69) is 409 Å². The molecular weight excluding hydrogens is 1610 g/mol. The van der Waals surface area contributed by atoms with Crippen LogP contribution in [0.1, 0.15) is 211 Å². The fourth-order valence-corrected chi connectivity index (χ4v) is 15.8. The molecule has 720 valence electrons. The van der Waals surface area contributed by atoms with Gasteiger partial charge in [-0.25, -0.2) is 0 Å². The van der Waals surface area contributed by atoms with Crippen molar-refractivity contribution in [2.75, 3.05) is 157 Å². The zero-order valence-corrected chi connectivity index (χ0v) is 84.4. The zero-order chi connectivity index (χ0) is 97.8. The highest BCUT2D eigenvalue weighted by atomic mass is 19.1. The second-order valence-corrected chi connectivity index (χ2v) is 32.6. The first-order valence-corrected chi connectivity index (χ1v) is 48.0. The Morgan fingerprint density at radius 2 is 0.195 bits per heavy atom. The summed E-state index contributed by atoms with van der Waals surface area (Å²) in [6.45, 7) is 93.6. The monoisotopic (exact) mass is 1790 g/mol. The molecule has 0 aliphatic rings. The maximum absolute atomic E-state index is 9.89. The van der Waals surface area contributed by atoms with Gasteiger partial charge < -0.3 is 93.3 Å². The van der Waals surface area contributed by atoms with E-state index >= 15 is 0 Å². The lowest BCUT2D eigenvalue weighted by Crippen LogP contribution is -2.46. The van der Waals surface area contributed by atoms with Crippen LogP contribution in [0, 0.1) is 0 Å². The van der Waals surface area contributed by atoms with E-state index in [0.29, 0.717) is 0 Å². The molecule has 16 nitrogen and oxygen atoms in total. The predicted octanol–water partition coefficient (Wildman–Crippen LogP) is 15.2. The topological polar surface area (TPSA) is 184 Å². The van der Waals surface area contributed by atoms with Crippen LogP contribution in [0.25, 0.3) is 0 Å². The number of benzene rings is 8. The van der Waals surface area contributed by atoms with Gasteiger partial charge in [0, 0.05) is 44.5 Å². The van der Waals surface area contributed by atoms with Gasteiger partial charge in [-0.3, -0.25) is 0 Å². The van der Waals surface area contributed by atoms with Crippen LogP contribution in [0.4, 0.5) is 17.3 Å². The molecule has 0 heterocycles. The molecule has 0 aromatic heterocycles. The Hall–Kier alpha value is -6.90. The Kier molecular flexibility index (Phi) is 76.3. The van der Waals surface area contributed by atoms with Crippen molar-refractivity contribution < 1.29 is 93.3 Å². The molecule has 0 bridgehead atoms. The Morgan fingerprint density at radius 1 is 0.141 bits per heavy atom. The second kappa shape index (κ2) is 76.6. The van der Waals surface area contributed by atoms with Gasteiger partial charge >= 0.3 is 0 Å². The molecule has 0 radical (unpaired) electrons. The van der Waals surface area contributed by atoms with Gasteiger partial charge in [-0.1, -0.05) is 243 Å². The molecule has 0 saturated carbocycles. The van der Waals surface area contributed by atoms with Crippen LogP contribution in [0.15, 0.2) is 243 Å². The maximum Gasteiger partial charge on any atom is 0.121 e. The molecule has 0 aliphatic heterocycles. The van der Waals surface area contributed by atoms with Crippen molar-refractivity contribution in [3.63, 3.8) is 0 Å². The quantitative estimate of drug-likeness (QED) is 0.0206. The number of rotatable bonds is 40. The average Bonchev–Trinajstić information content (AvgIpc) is 0.911. The SMILES string of the molecule is CC[N+](CC)(CC)Cc1ccccc1.CC[N+](CC)(CC)Cc1ccccc1.CC[N+](CC)(CC)Cc1ccccc1.CC[N+](CC)(CC)Cc1ccccc1.CC[N+](CC)(CC)Cc1ccccc1.CC[N+](CC)(CC)Cc1ccccc1.CC[N+](CC)(CC)Cc1ccccc1.CC[N+](CC)(CC)Cc1ccccc1.[O-]B([O-])F.[O-]B([O-])F.[O-]B([O-])F.[O-]B([O-])F. The van der Waals surface area contributed by atoms with Crippen LogP contribution in [-0.2, 0) is 52.4 Å². The molecule has 0 aliphatic carbocycles. The van der Waals surface area contributed by atoms with Crippen molar-refractivity contribution >= 4 is 29.6 Å². The number of hydrogen-bond acceptors (Lipinski definition) is 8. The molecule has 128 heavy (non-hydrogen) atoms. The number of halogens is 4. The lowest BCUT2D eigenvalue weighted by molar-refractivity contribution is -0.936. The third kappa shape index (κ3) is 58.1. The van der Waals surface area contributed by atoms with Crippen LogP contribution in [0.5, 0.6) is 0 Å². The van der Waals surface area contributed by atoms with Crippen molar-refractivity contribution in [1.29, 1.82) is 0 Å². The van der Waals surface area contributed by atoms with Gasteiger partial charge in [-0.15, -0.1) is 0 Å². The van der Waals surface area contributed by atoms with Crippen molar-refractivity contribution in [3.05, 3.63) is 287 Å². The van der Waals surface area contributed by atoms with E-state index in [-0.39, 0.29) is 0 Å². The minimum Gasteiger partial charge on any atom is -0.867 e. The summed E-state index contributed by atoms with van der Waals surface area (Å²) in [5.41, 5.74) is 11.7. The molecule has 0 amide bonds. The number of nitrogens with zero attached hydrogens (tertiary/aromatic N) is 8. The number of quaternary nitrogens is 8. The van der Waals surface area contributed by atoms with E-state index in [0.717, 1.165) is 0 Å². The van der Waals surface area contributed by atoms with E-state index in [1.165, 1.54) is 290 Å². The molecule has 0 saturated heterocycles. The Labute approximate surface area is 781 Å². The largest absolute Gasteiger partial charge is 0.867 e. The van der Waals surface area contributed by atoms with Crippen molar-refractivity contribution in [3.8, 4) is 0 Å². The molecule has 0 N–H and O–H groups in total. The molecule has 0 spiro atoms. The van der Waals surface area contributed by atoms with Gasteiger partial charge in [0.25, 0.3) is 0 Å². The van der Waals surface area contributed by atoms with Crippen LogP contribution < -0.4 is 40.2 Å². The lowest BCUT2D eigenvalue weighted by atomic mass is 10.2. The molecule has 0 unspecified atom stereocenters. The van der Waals surface area contributed by atoms with Gasteiger partial charge in [-0.05, 0) is 166 Å². The normalized spacial score (nSPS) is 11.0. The molecule has 8 aromatic rings. The first-order chi connectivity index (χ1) is 61.0. The highest BCUT2D eigenvalue weighted by molar-refractivity contribution is 6.27. The fourth-order valence-electron chi connectivity index (χ4n) is 15.8. The summed E-state index contributed by atoms with van der Waals surface area (Å²) in [5, 5.41) is 66.4. The van der Waals surface area contributed by atoms with E-state index < -0.39 is 29.6 Å². The summed E-state index contributed by atoms with van der Waals surface area (Å²) in [6.07, 6.45) is 0. The second-order valence-electron chi connectivity index (χ2n) is 32.6. The third-order valence-corrected chi connectivity index (χ3v) is 27.0. The predicted molar refractivity (Wildman–Crippen MR) is 524 cm³/mol. The van der Waals surface area contributed by atoms with E-state index in [1.807, 2.05) is 0 Å². The minimum atomic E-state index is -3.17. The first-order valence-electron chi connectivity index (χ1n) is 48.0. The van der Waals surface area contributed by atoms with E-state index in [4.69, 9.17) is 40.2 Å². The summed E-state index contributed by atoms with van der Waals surface area (Å²) in [7, 11) is -12.7. The van der Waals surface area contributed by atoms with Crippen molar-refractivity contribution in [2.45, 2.75) is 219 Å². The molecule has 8 aromatic carbocycles. The van der Waals surface area contributed by atoms with E-state index in [9.17, 15) is 17.3 Å². The molecular formula is C104H176B4F4N8O8. The Bertz CT molecular complexity index is 2890. The molecule has 0 fully saturated rings. The van der Waals surface area contributed by atoms with Crippen LogP contribution in [-0.4, -0.2) is 223 Å². The molecule has 8 rings (SSSR count). The van der Waals surface area contributed by atoms with Crippen LogP contribution in [0.2, 0.25) is 0 Å². The van der Waals surface area contributed by atoms with Crippen molar-refractivity contribution in [2.24, 2.45) is 0 Å². The highest BCUT2D eigenvalue weighted by Crippen LogP contribution is 2.21. The van der Waals surface area contributed by atoms with Gasteiger partial charge in [0.15, 0.2) is 0 Å². The summed E-state index contributed by atoms with van der Waals surface area (Å²) in [4.78, 5) is 0. The summed E-state index contributed by atoms with van der Waals surface area (Å²) < 4.78 is 49.1. The van der Waals surface area contributed by atoms with Gasteiger partial charge in [0.05, 0.1) is 157 Å². The average molecular weight is 1790 g/mol. The summed E-state index contributed by atoms with van der Waals surface area (Å²) >= 11 is 0. The third-order valence-electron chi connectivity index (χ3n) is 27.0. The first kappa shape index (κ1) is 127. The van der Waals surface area contributed by atoms with Gasteiger partial charge in [0.2, 0.25) is 0 Å². The highest BCUT2D eigenvalue weighted by Gasteiger charge is 2.27. The lowest BCUT2D eigenvalue weighted by Gasteiger charge is -2.35. The Balaban J connectivity index is -0.000000669. The Morgan fingerprint density at radius 3 is 0.242 bits per heavy atom. The maximum atomic E-state index is 9.89. The molecule has 24 heteroatoms. The number of hydrogen-bond donors (Lipinski definition) is 0. The standard InChI is InChI=1S/8C13H22N.4BFO2/c8*1-4-14(5-2,6-3)12-13-10-8-7-9-11-13;4*2-1(3)4/h8*7-11H,4-6,12H2,1-3H3;;;;/q8*+1;4*-2. The van der Waals surface area contributed by atoms with Gasteiger partial charge in [-0.2, -0.15) is 0 Å². The smallest absolute Gasteiger partial charge is 0.121 e. The summed E-state index contributed by atoms with van der Waals surface area (Å²) in [5.74, 6) is 0. The van der Waals surface area contributed by atoms with Crippen molar-refractivity contribution in [1.82, 2.24) is 0 Å². The molecule has 0 atom stereocenters. The van der Waals surface area contributed by atoms with Crippen LogP contribution in [0.3, 0.4) is 0 Å². The van der Waals surface area contributed by atoms with E-state index in [1.54, 1.807) is 0 Å². The fraction of sp³-hybridized carbons (Fsp3) is 0.538. The summed E-state index contributed by atoms with van der Waals surface area (Å²) in [6, 6.07) is 86.4.